The summed E-state index contributed by atoms with van der Waals surface area (Å²) in [6.07, 6.45) is -1.28. The van der Waals surface area contributed by atoms with Crippen molar-refractivity contribution < 1.29 is 42.9 Å². The van der Waals surface area contributed by atoms with E-state index >= 15 is 0 Å². The third-order valence-corrected chi connectivity index (χ3v) is 5.08. The fourth-order valence-corrected chi connectivity index (χ4v) is 3.56. The number of nitrogens with one attached hydrogen (secondary N) is 2. The van der Waals surface area contributed by atoms with Crippen LogP contribution in [-0.4, -0.2) is 72.8 Å². The Morgan fingerprint density at radius 2 is 1.50 bits per heavy atom. The molecule has 180 valence electrons. The second-order valence-electron chi connectivity index (χ2n) is 7.76. The summed E-state index contributed by atoms with van der Waals surface area (Å²) in [5.41, 5.74) is 0. The first kappa shape index (κ1) is 25.8. The molecule has 0 radical (unpaired) electrons. The van der Waals surface area contributed by atoms with Gasteiger partial charge in [-0.2, -0.15) is 0 Å². The van der Waals surface area contributed by atoms with E-state index in [0.29, 0.717) is 12.5 Å². The summed E-state index contributed by atoms with van der Waals surface area (Å²) in [6.45, 7) is 5.08. The molecule has 0 unspecified atom stereocenters. The Bertz CT molecular complexity index is 728. The molecule has 2 aliphatic rings. The summed E-state index contributed by atoms with van der Waals surface area (Å²) < 4.78 is 26.9. The van der Waals surface area contributed by atoms with Crippen LogP contribution in [0.2, 0.25) is 0 Å². The van der Waals surface area contributed by atoms with Crippen LogP contribution < -0.4 is 10.6 Å². The molecule has 1 aliphatic carbocycles. The monoisotopic (exact) mass is 474 g/mol. The topological polar surface area (TPSA) is 138 Å². The second kappa shape index (κ2) is 12.0. The van der Waals surface area contributed by atoms with Crippen molar-refractivity contribution in [1.82, 2.24) is 10.6 Å². The Balaban J connectivity index is 2.26. The van der Waals surface area contributed by atoms with Crippen molar-refractivity contribution >= 4 is 41.2 Å². The molecule has 11 nitrogen and oxygen atoms in total. The summed E-state index contributed by atoms with van der Waals surface area (Å²) in [5.74, 6) is -1.89. The van der Waals surface area contributed by atoms with Crippen molar-refractivity contribution in [3.63, 3.8) is 0 Å². The average molecular weight is 475 g/mol. The minimum absolute atomic E-state index is 0.230. The van der Waals surface area contributed by atoms with E-state index in [-0.39, 0.29) is 11.7 Å². The third kappa shape index (κ3) is 8.58. The van der Waals surface area contributed by atoms with Gasteiger partial charge in [0.15, 0.2) is 17.3 Å². The summed E-state index contributed by atoms with van der Waals surface area (Å²) in [5, 5.41) is 6.25. The van der Waals surface area contributed by atoms with E-state index in [1.165, 1.54) is 40.5 Å². The molecule has 2 fully saturated rings. The molecule has 1 saturated carbocycles. The highest BCUT2D eigenvalue weighted by Gasteiger charge is 2.52. The van der Waals surface area contributed by atoms with Gasteiger partial charge in [-0.25, -0.2) is 0 Å². The maximum absolute atomic E-state index is 11.9. The normalized spacial score (nSPS) is 26.9. The van der Waals surface area contributed by atoms with Gasteiger partial charge in [-0.05, 0) is 24.6 Å². The molecular weight excluding hydrogens is 444 g/mol. The smallest absolute Gasteiger partial charge is 0.305 e. The molecule has 1 saturated heterocycles. The van der Waals surface area contributed by atoms with Crippen molar-refractivity contribution in [2.75, 3.05) is 13.2 Å². The highest BCUT2D eigenvalue weighted by molar-refractivity contribution is 7.80. The zero-order chi connectivity index (χ0) is 23.8. The molecule has 5 atom stereocenters. The maximum atomic E-state index is 11.9. The summed E-state index contributed by atoms with van der Waals surface area (Å²) in [6, 6.07) is -0.998. The van der Waals surface area contributed by atoms with Crippen LogP contribution >= 0.6 is 12.2 Å². The molecule has 0 aromatic heterocycles. The lowest BCUT2D eigenvalue weighted by atomic mass is 9.96. The molecule has 12 heteroatoms. The Hall–Kier alpha value is -2.47. The number of hydrogen-bond acceptors (Lipinski definition) is 10. The molecule has 2 rings (SSSR count). The van der Waals surface area contributed by atoms with Crippen LogP contribution in [0, 0.1) is 5.92 Å². The zero-order valence-corrected chi connectivity index (χ0v) is 19.4. The SMILES string of the molecule is CC(=O)OC[C@H]1O[C@@H](OC(C)=O)[C@H](NC(=S)NCCC2CC2)[C@@H](OC(C)=O)[C@@H]1OC(C)=O. The van der Waals surface area contributed by atoms with Gasteiger partial charge in [-0.3, -0.25) is 19.2 Å². The first-order chi connectivity index (χ1) is 15.1. The van der Waals surface area contributed by atoms with Crippen molar-refractivity contribution in [2.24, 2.45) is 5.92 Å². The minimum atomic E-state index is -1.27. The third-order valence-electron chi connectivity index (χ3n) is 4.82. The number of carbonyl (C=O) groups excluding carboxylic acids is 4. The van der Waals surface area contributed by atoms with E-state index in [9.17, 15) is 19.2 Å². The summed E-state index contributed by atoms with van der Waals surface area (Å²) in [7, 11) is 0. The Labute approximate surface area is 191 Å². The van der Waals surface area contributed by atoms with Gasteiger partial charge in [0.25, 0.3) is 0 Å². The Morgan fingerprint density at radius 3 is 2.03 bits per heavy atom. The Morgan fingerprint density at radius 1 is 0.906 bits per heavy atom. The molecular formula is C20H30N2O9S. The lowest BCUT2D eigenvalue weighted by Gasteiger charge is -2.44. The van der Waals surface area contributed by atoms with E-state index < -0.39 is 54.5 Å². The second-order valence-corrected chi connectivity index (χ2v) is 8.17. The van der Waals surface area contributed by atoms with Gasteiger partial charge in [0.1, 0.15) is 18.8 Å². The van der Waals surface area contributed by atoms with E-state index in [1.54, 1.807) is 0 Å². The zero-order valence-electron chi connectivity index (χ0n) is 18.6. The van der Waals surface area contributed by atoms with Crippen LogP contribution in [0.4, 0.5) is 0 Å². The highest BCUT2D eigenvalue weighted by Crippen LogP contribution is 2.31. The maximum Gasteiger partial charge on any atom is 0.305 e. The fourth-order valence-electron chi connectivity index (χ4n) is 3.32. The predicted octanol–water partition coefficient (Wildman–Crippen LogP) is 0.334. The van der Waals surface area contributed by atoms with Gasteiger partial charge in [0, 0.05) is 34.2 Å². The van der Waals surface area contributed by atoms with Crippen LogP contribution in [0.15, 0.2) is 0 Å². The molecule has 32 heavy (non-hydrogen) atoms. The number of rotatable bonds is 9. The number of hydrogen-bond donors (Lipinski definition) is 2. The van der Waals surface area contributed by atoms with Crippen molar-refractivity contribution in [1.29, 1.82) is 0 Å². The van der Waals surface area contributed by atoms with Crippen LogP contribution in [0.1, 0.15) is 47.0 Å². The molecule has 0 amide bonds. The quantitative estimate of drug-likeness (QED) is 0.270. The number of ether oxygens (including phenoxy) is 5. The van der Waals surface area contributed by atoms with Crippen LogP contribution in [-0.2, 0) is 42.9 Å². The first-order valence-corrected chi connectivity index (χ1v) is 10.8. The van der Waals surface area contributed by atoms with Crippen molar-refractivity contribution in [2.45, 2.75) is 77.6 Å². The average Bonchev–Trinajstić information content (AvgIpc) is 3.48. The van der Waals surface area contributed by atoms with Crippen LogP contribution in [0.25, 0.3) is 0 Å². The molecule has 2 N–H and O–H groups in total. The van der Waals surface area contributed by atoms with E-state index in [1.807, 2.05) is 0 Å². The highest BCUT2D eigenvalue weighted by atomic mass is 32.1. The largest absolute Gasteiger partial charge is 0.463 e. The van der Waals surface area contributed by atoms with Gasteiger partial charge in [-0.15, -0.1) is 0 Å². The van der Waals surface area contributed by atoms with Crippen LogP contribution in [0.3, 0.4) is 0 Å². The molecule has 1 heterocycles. The predicted molar refractivity (Wildman–Crippen MR) is 113 cm³/mol. The fraction of sp³-hybridized carbons (Fsp3) is 0.750. The summed E-state index contributed by atoms with van der Waals surface area (Å²) in [4.78, 5) is 46.6. The van der Waals surface area contributed by atoms with Gasteiger partial charge < -0.3 is 34.3 Å². The molecule has 0 bridgehead atoms. The van der Waals surface area contributed by atoms with Gasteiger partial charge in [-0.1, -0.05) is 12.8 Å². The lowest BCUT2D eigenvalue weighted by molar-refractivity contribution is -0.269. The molecule has 0 aromatic rings. The van der Waals surface area contributed by atoms with E-state index in [0.717, 1.165) is 6.42 Å². The number of carbonyl (C=O) groups is 4. The van der Waals surface area contributed by atoms with Gasteiger partial charge in [0.05, 0.1) is 0 Å². The van der Waals surface area contributed by atoms with E-state index in [2.05, 4.69) is 10.6 Å². The molecule has 1 aliphatic heterocycles. The summed E-state index contributed by atoms with van der Waals surface area (Å²) >= 11 is 5.35. The van der Waals surface area contributed by atoms with Gasteiger partial charge in [0.2, 0.25) is 6.29 Å². The molecule has 0 aromatic carbocycles. The van der Waals surface area contributed by atoms with Crippen molar-refractivity contribution in [3.8, 4) is 0 Å². The number of thiocarbonyl (C=S) groups is 1. The standard InChI is InChI=1S/C20H30N2O9S/c1-10(23)27-9-15-17(28-11(2)24)18(29-12(3)25)16(19(31-15)30-13(4)26)22-20(32)21-8-7-14-5-6-14/h14-19H,5-9H2,1-4H3,(H2,21,22,32)/t15-,16-,17-,18-,19-/m1/s1. The minimum Gasteiger partial charge on any atom is -0.463 e. The Kier molecular flexibility index (Phi) is 9.63. The molecule has 0 spiro atoms. The van der Waals surface area contributed by atoms with E-state index in [4.69, 9.17) is 35.9 Å². The van der Waals surface area contributed by atoms with Gasteiger partial charge >= 0.3 is 23.9 Å². The number of esters is 4. The van der Waals surface area contributed by atoms with Crippen molar-refractivity contribution in [3.05, 3.63) is 0 Å². The lowest BCUT2D eigenvalue weighted by Crippen LogP contribution is -2.67. The first-order valence-electron chi connectivity index (χ1n) is 10.4. The van der Waals surface area contributed by atoms with Crippen LogP contribution in [0.5, 0.6) is 0 Å².